The summed E-state index contributed by atoms with van der Waals surface area (Å²) in [5, 5.41) is 28.9. The Morgan fingerprint density at radius 1 is 1.40 bits per heavy atom. The number of aliphatic hydroxyl groups is 3. The Balaban J connectivity index is 2.69. The Kier molecular flexibility index (Phi) is 6.85. The van der Waals surface area contributed by atoms with Gasteiger partial charge < -0.3 is 24.8 Å². The molecule has 1 aliphatic rings. The van der Waals surface area contributed by atoms with Crippen LogP contribution in [0.5, 0.6) is 0 Å². The SMILES string of the molecule is COC1C(C)COC(C(C)=CC=CC(O)C(C)O)C1O. The molecule has 0 radical (unpaired) electrons. The van der Waals surface area contributed by atoms with Crippen LogP contribution in [0.3, 0.4) is 0 Å². The van der Waals surface area contributed by atoms with Crippen molar-refractivity contribution in [3.05, 3.63) is 23.8 Å². The second-order valence-corrected chi connectivity index (χ2v) is 5.45. The lowest BCUT2D eigenvalue weighted by Gasteiger charge is -2.38. The average Bonchev–Trinajstić information content (AvgIpc) is 2.38. The standard InChI is InChI=1S/C15H26O5/c1-9(6-5-7-12(17)11(3)16)15-13(18)14(19-4)10(2)8-20-15/h5-7,10-18H,8H2,1-4H3. The lowest BCUT2D eigenvalue weighted by molar-refractivity contribution is -0.158. The molecule has 1 aliphatic heterocycles. The summed E-state index contributed by atoms with van der Waals surface area (Å²) in [6.07, 6.45) is 1.84. The van der Waals surface area contributed by atoms with Crippen LogP contribution >= 0.6 is 0 Å². The van der Waals surface area contributed by atoms with Crippen molar-refractivity contribution in [2.45, 2.75) is 51.3 Å². The van der Waals surface area contributed by atoms with E-state index in [0.29, 0.717) is 6.61 Å². The Bertz CT molecular complexity index is 350. The molecule has 116 valence electrons. The normalized spacial score (nSPS) is 35.2. The first-order chi connectivity index (χ1) is 9.38. The first-order valence-electron chi connectivity index (χ1n) is 6.92. The van der Waals surface area contributed by atoms with Gasteiger partial charge in [0.1, 0.15) is 12.2 Å². The Hall–Kier alpha value is -0.720. The summed E-state index contributed by atoms with van der Waals surface area (Å²) in [6.45, 7) is 5.89. The molecule has 0 aromatic carbocycles. The zero-order valence-electron chi connectivity index (χ0n) is 12.6. The summed E-state index contributed by atoms with van der Waals surface area (Å²) in [6, 6.07) is 0. The Morgan fingerprint density at radius 3 is 2.60 bits per heavy atom. The largest absolute Gasteiger partial charge is 0.390 e. The van der Waals surface area contributed by atoms with E-state index in [1.165, 1.54) is 13.0 Å². The van der Waals surface area contributed by atoms with E-state index in [1.807, 2.05) is 13.8 Å². The maximum Gasteiger partial charge on any atom is 0.110 e. The van der Waals surface area contributed by atoms with Crippen LogP contribution in [0.15, 0.2) is 23.8 Å². The van der Waals surface area contributed by atoms with Crippen LogP contribution in [0.4, 0.5) is 0 Å². The lowest BCUT2D eigenvalue weighted by atomic mass is 9.90. The highest BCUT2D eigenvalue weighted by atomic mass is 16.5. The topological polar surface area (TPSA) is 79.2 Å². The number of ether oxygens (including phenoxy) is 2. The second kappa shape index (κ2) is 7.90. The number of hydrogen-bond donors (Lipinski definition) is 3. The van der Waals surface area contributed by atoms with Crippen molar-refractivity contribution in [1.82, 2.24) is 0 Å². The molecule has 6 unspecified atom stereocenters. The summed E-state index contributed by atoms with van der Waals surface area (Å²) in [5.74, 6) is 0.145. The quantitative estimate of drug-likeness (QED) is 0.646. The number of rotatable bonds is 5. The Labute approximate surface area is 120 Å². The van der Waals surface area contributed by atoms with E-state index in [2.05, 4.69) is 0 Å². The molecule has 1 fully saturated rings. The third kappa shape index (κ3) is 4.40. The molecule has 0 aliphatic carbocycles. The van der Waals surface area contributed by atoms with Crippen molar-refractivity contribution < 1.29 is 24.8 Å². The van der Waals surface area contributed by atoms with Crippen LogP contribution in [0.1, 0.15) is 20.8 Å². The van der Waals surface area contributed by atoms with Gasteiger partial charge in [-0.15, -0.1) is 0 Å². The van der Waals surface area contributed by atoms with Crippen molar-refractivity contribution in [2.75, 3.05) is 13.7 Å². The fourth-order valence-electron chi connectivity index (χ4n) is 2.31. The molecular formula is C15H26O5. The van der Waals surface area contributed by atoms with Crippen LogP contribution in [-0.2, 0) is 9.47 Å². The molecule has 0 amide bonds. The van der Waals surface area contributed by atoms with Gasteiger partial charge in [-0.2, -0.15) is 0 Å². The molecule has 0 aromatic rings. The third-order valence-electron chi connectivity index (χ3n) is 3.63. The minimum atomic E-state index is -0.900. The maximum atomic E-state index is 10.3. The van der Waals surface area contributed by atoms with Crippen LogP contribution in [0.2, 0.25) is 0 Å². The van der Waals surface area contributed by atoms with Crippen molar-refractivity contribution in [1.29, 1.82) is 0 Å². The average molecular weight is 286 g/mol. The van der Waals surface area contributed by atoms with Gasteiger partial charge in [-0.1, -0.05) is 25.2 Å². The molecule has 0 aromatic heterocycles. The van der Waals surface area contributed by atoms with E-state index in [1.54, 1.807) is 19.3 Å². The molecular weight excluding hydrogens is 260 g/mol. The van der Waals surface area contributed by atoms with Gasteiger partial charge in [0.25, 0.3) is 0 Å². The van der Waals surface area contributed by atoms with E-state index in [-0.39, 0.29) is 12.0 Å². The first-order valence-corrected chi connectivity index (χ1v) is 6.92. The highest BCUT2D eigenvalue weighted by molar-refractivity contribution is 5.18. The van der Waals surface area contributed by atoms with Gasteiger partial charge in [0.15, 0.2) is 0 Å². The summed E-state index contributed by atoms with van der Waals surface area (Å²) in [7, 11) is 1.59. The van der Waals surface area contributed by atoms with Crippen molar-refractivity contribution in [3.63, 3.8) is 0 Å². The number of allylic oxidation sites excluding steroid dienone is 2. The molecule has 0 bridgehead atoms. The fraction of sp³-hybridized carbons (Fsp3) is 0.733. The van der Waals surface area contributed by atoms with Gasteiger partial charge in [0.2, 0.25) is 0 Å². The minimum absolute atomic E-state index is 0.145. The van der Waals surface area contributed by atoms with E-state index in [0.717, 1.165) is 5.57 Å². The van der Waals surface area contributed by atoms with Crippen LogP contribution < -0.4 is 0 Å². The zero-order valence-corrected chi connectivity index (χ0v) is 12.6. The summed E-state index contributed by atoms with van der Waals surface area (Å²) >= 11 is 0. The lowest BCUT2D eigenvalue weighted by Crippen LogP contribution is -2.50. The van der Waals surface area contributed by atoms with Crippen LogP contribution in [-0.4, -0.2) is 59.6 Å². The molecule has 20 heavy (non-hydrogen) atoms. The molecule has 0 spiro atoms. The minimum Gasteiger partial charge on any atom is -0.390 e. The van der Waals surface area contributed by atoms with E-state index in [9.17, 15) is 10.2 Å². The van der Waals surface area contributed by atoms with Crippen molar-refractivity contribution in [2.24, 2.45) is 5.92 Å². The predicted molar refractivity (Wildman–Crippen MR) is 76.3 cm³/mol. The van der Waals surface area contributed by atoms with E-state index in [4.69, 9.17) is 14.6 Å². The van der Waals surface area contributed by atoms with Gasteiger partial charge in [0, 0.05) is 13.0 Å². The van der Waals surface area contributed by atoms with E-state index < -0.39 is 24.4 Å². The first kappa shape index (κ1) is 17.3. The van der Waals surface area contributed by atoms with Gasteiger partial charge in [0.05, 0.1) is 24.9 Å². The molecule has 0 saturated carbocycles. The second-order valence-electron chi connectivity index (χ2n) is 5.45. The van der Waals surface area contributed by atoms with Gasteiger partial charge in [-0.25, -0.2) is 0 Å². The molecule has 1 saturated heterocycles. The van der Waals surface area contributed by atoms with Gasteiger partial charge in [-0.05, 0) is 19.4 Å². The molecule has 6 atom stereocenters. The summed E-state index contributed by atoms with van der Waals surface area (Å²) < 4.78 is 11.0. The maximum absolute atomic E-state index is 10.3. The van der Waals surface area contributed by atoms with Gasteiger partial charge >= 0.3 is 0 Å². The predicted octanol–water partition coefficient (Wildman–Crippen LogP) is 0.641. The fourth-order valence-corrected chi connectivity index (χ4v) is 2.31. The number of hydrogen-bond acceptors (Lipinski definition) is 5. The smallest absolute Gasteiger partial charge is 0.110 e. The van der Waals surface area contributed by atoms with E-state index >= 15 is 0 Å². The molecule has 5 heteroatoms. The molecule has 1 rings (SSSR count). The zero-order chi connectivity index (χ0) is 15.3. The van der Waals surface area contributed by atoms with Crippen LogP contribution in [0, 0.1) is 5.92 Å². The summed E-state index contributed by atoms with van der Waals surface area (Å²) in [5.41, 5.74) is 0.848. The van der Waals surface area contributed by atoms with Gasteiger partial charge in [-0.3, -0.25) is 0 Å². The number of aliphatic hydroxyl groups excluding tert-OH is 3. The summed E-state index contributed by atoms with van der Waals surface area (Å²) in [4.78, 5) is 0. The van der Waals surface area contributed by atoms with Crippen molar-refractivity contribution in [3.8, 4) is 0 Å². The highest BCUT2D eigenvalue weighted by Gasteiger charge is 2.38. The third-order valence-corrected chi connectivity index (χ3v) is 3.63. The highest BCUT2D eigenvalue weighted by Crippen LogP contribution is 2.26. The van der Waals surface area contributed by atoms with Crippen molar-refractivity contribution >= 4 is 0 Å². The molecule has 1 heterocycles. The monoisotopic (exact) mass is 286 g/mol. The number of methoxy groups -OCH3 is 1. The van der Waals surface area contributed by atoms with Crippen LogP contribution in [0.25, 0.3) is 0 Å². The molecule has 3 N–H and O–H groups in total. The Morgan fingerprint density at radius 2 is 2.05 bits per heavy atom. The molecule has 5 nitrogen and oxygen atoms in total.